The van der Waals surface area contributed by atoms with E-state index in [-0.39, 0.29) is 30.7 Å². The summed E-state index contributed by atoms with van der Waals surface area (Å²) in [5.74, 6) is -0.744. The second-order valence-electron chi connectivity index (χ2n) is 5.96. The lowest BCUT2D eigenvalue weighted by atomic mass is 10.1. The lowest BCUT2D eigenvalue weighted by Crippen LogP contribution is -2.32. The number of benzene rings is 2. The molecule has 0 aromatic heterocycles. The molecule has 0 fully saturated rings. The molecule has 0 atom stereocenters. The van der Waals surface area contributed by atoms with Crippen molar-refractivity contribution in [2.24, 2.45) is 0 Å². The highest BCUT2D eigenvalue weighted by molar-refractivity contribution is 9.10. The molecule has 0 unspecified atom stereocenters. The van der Waals surface area contributed by atoms with Crippen molar-refractivity contribution in [3.63, 3.8) is 0 Å². The molecule has 0 saturated carbocycles. The molecule has 0 spiro atoms. The quantitative estimate of drug-likeness (QED) is 0.702. The van der Waals surface area contributed by atoms with E-state index < -0.39 is 0 Å². The number of nitrogens with one attached hydrogen (secondary N) is 1. The minimum atomic E-state index is -0.312. The Morgan fingerprint density at radius 2 is 1.73 bits per heavy atom. The molecule has 1 N–H and O–H groups in total. The largest absolute Gasteiger partial charge is 0.352 e. The molecule has 1 aliphatic heterocycles. The van der Waals surface area contributed by atoms with Crippen LogP contribution in [0.1, 0.15) is 39.1 Å². The van der Waals surface area contributed by atoms with Gasteiger partial charge in [-0.3, -0.25) is 19.3 Å². The first-order chi connectivity index (χ1) is 12.5. The van der Waals surface area contributed by atoms with Gasteiger partial charge >= 0.3 is 0 Å². The number of hydrogen-bond donors (Lipinski definition) is 1. The van der Waals surface area contributed by atoms with Crippen molar-refractivity contribution in [2.45, 2.75) is 19.4 Å². The van der Waals surface area contributed by atoms with Crippen LogP contribution >= 0.6 is 27.5 Å². The molecule has 0 saturated heterocycles. The van der Waals surface area contributed by atoms with Gasteiger partial charge in [-0.25, -0.2) is 0 Å². The van der Waals surface area contributed by atoms with E-state index in [0.717, 1.165) is 10.0 Å². The van der Waals surface area contributed by atoms with Gasteiger partial charge in [-0.05, 0) is 42.3 Å². The summed E-state index contributed by atoms with van der Waals surface area (Å²) in [4.78, 5) is 37.8. The van der Waals surface area contributed by atoms with E-state index in [1.165, 1.54) is 4.90 Å². The molecule has 3 rings (SSSR count). The molecule has 2 aromatic carbocycles. The minimum Gasteiger partial charge on any atom is -0.352 e. The summed E-state index contributed by atoms with van der Waals surface area (Å²) in [5.41, 5.74) is 1.76. The summed E-state index contributed by atoms with van der Waals surface area (Å²) in [6.45, 7) is 0.634. The standard InChI is InChI=1S/C19H16BrClN2O3/c20-13-5-8-15-16(10-13)19(26)23(18(15)25)9-1-2-17(24)22-11-12-3-6-14(21)7-4-12/h3-8,10H,1-2,9,11H2,(H,22,24). The highest BCUT2D eigenvalue weighted by Gasteiger charge is 2.35. The van der Waals surface area contributed by atoms with E-state index in [1.54, 1.807) is 30.3 Å². The highest BCUT2D eigenvalue weighted by atomic mass is 79.9. The van der Waals surface area contributed by atoms with Crippen LogP contribution in [-0.2, 0) is 11.3 Å². The maximum atomic E-state index is 12.3. The van der Waals surface area contributed by atoms with Crippen molar-refractivity contribution < 1.29 is 14.4 Å². The fraction of sp³-hybridized carbons (Fsp3) is 0.211. The summed E-state index contributed by atoms with van der Waals surface area (Å²) in [6.07, 6.45) is 0.657. The zero-order chi connectivity index (χ0) is 18.7. The number of hydrogen-bond acceptors (Lipinski definition) is 3. The molecular formula is C19H16BrClN2O3. The predicted octanol–water partition coefficient (Wildman–Crippen LogP) is 3.80. The van der Waals surface area contributed by atoms with Crippen molar-refractivity contribution >= 4 is 45.3 Å². The molecule has 3 amide bonds. The molecule has 7 heteroatoms. The summed E-state index contributed by atoms with van der Waals surface area (Å²) >= 11 is 9.12. The van der Waals surface area contributed by atoms with E-state index in [2.05, 4.69) is 21.2 Å². The van der Waals surface area contributed by atoms with E-state index in [0.29, 0.717) is 29.1 Å². The Hall–Kier alpha value is -2.18. The maximum absolute atomic E-state index is 12.3. The van der Waals surface area contributed by atoms with Crippen LogP contribution in [0.4, 0.5) is 0 Å². The van der Waals surface area contributed by atoms with Gasteiger partial charge < -0.3 is 5.32 Å². The van der Waals surface area contributed by atoms with Crippen molar-refractivity contribution in [3.8, 4) is 0 Å². The van der Waals surface area contributed by atoms with Crippen LogP contribution in [0.3, 0.4) is 0 Å². The van der Waals surface area contributed by atoms with Crippen molar-refractivity contribution in [3.05, 3.63) is 68.7 Å². The smallest absolute Gasteiger partial charge is 0.261 e. The number of rotatable bonds is 6. The monoisotopic (exact) mass is 434 g/mol. The molecule has 1 heterocycles. The third-order valence-corrected chi connectivity index (χ3v) is 4.87. The van der Waals surface area contributed by atoms with E-state index in [1.807, 2.05) is 12.1 Å². The van der Waals surface area contributed by atoms with Crippen LogP contribution in [0.2, 0.25) is 5.02 Å². The number of carbonyl (C=O) groups excluding carboxylic acids is 3. The van der Waals surface area contributed by atoms with Gasteiger partial charge in [-0.2, -0.15) is 0 Å². The van der Waals surface area contributed by atoms with Gasteiger partial charge in [0.25, 0.3) is 11.8 Å². The summed E-state index contributed by atoms with van der Waals surface area (Å²) < 4.78 is 0.751. The van der Waals surface area contributed by atoms with Crippen molar-refractivity contribution in [1.82, 2.24) is 10.2 Å². The normalized spacial score (nSPS) is 13.1. The third kappa shape index (κ3) is 4.14. The Kier molecular flexibility index (Phi) is 5.74. The van der Waals surface area contributed by atoms with E-state index in [9.17, 15) is 14.4 Å². The maximum Gasteiger partial charge on any atom is 0.261 e. The van der Waals surface area contributed by atoms with E-state index in [4.69, 9.17) is 11.6 Å². The molecule has 0 aliphatic carbocycles. The molecule has 1 aliphatic rings. The van der Waals surface area contributed by atoms with Crippen LogP contribution in [0.15, 0.2) is 46.9 Å². The van der Waals surface area contributed by atoms with Crippen LogP contribution in [-0.4, -0.2) is 29.2 Å². The lowest BCUT2D eigenvalue weighted by molar-refractivity contribution is -0.121. The number of imide groups is 1. The van der Waals surface area contributed by atoms with Gasteiger partial charge in [0.2, 0.25) is 5.91 Å². The summed E-state index contributed by atoms with van der Waals surface area (Å²) in [5, 5.41) is 3.46. The first-order valence-electron chi connectivity index (χ1n) is 8.12. The van der Waals surface area contributed by atoms with Crippen molar-refractivity contribution in [2.75, 3.05) is 6.54 Å². The van der Waals surface area contributed by atoms with Gasteiger partial charge in [0.05, 0.1) is 11.1 Å². The second-order valence-corrected chi connectivity index (χ2v) is 7.31. The second kappa shape index (κ2) is 8.01. The number of carbonyl (C=O) groups is 3. The Balaban J connectivity index is 1.47. The molecule has 134 valence electrons. The Bertz CT molecular complexity index is 868. The van der Waals surface area contributed by atoms with Crippen LogP contribution in [0, 0.1) is 0 Å². The highest BCUT2D eigenvalue weighted by Crippen LogP contribution is 2.26. The van der Waals surface area contributed by atoms with Crippen molar-refractivity contribution in [1.29, 1.82) is 0 Å². The molecule has 26 heavy (non-hydrogen) atoms. The van der Waals surface area contributed by atoms with Gasteiger partial charge in [0.15, 0.2) is 0 Å². The molecule has 0 radical (unpaired) electrons. The number of nitrogens with zero attached hydrogens (tertiary/aromatic N) is 1. The number of amides is 3. The Labute approximate surface area is 164 Å². The van der Waals surface area contributed by atoms with Gasteiger partial charge in [-0.1, -0.05) is 39.7 Å². The fourth-order valence-electron chi connectivity index (χ4n) is 2.76. The van der Waals surface area contributed by atoms with Crippen LogP contribution < -0.4 is 5.32 Å². The summed E-state index contributed by atoms with van der Waals surface area (Å²) in [7, 11) is 0. The fourth-order valence-corrected chi connectivity index (χ4v) is 3.24. The van der Waals surface area contributed by atoms with Crippen LogP contribution in [0.25, 0.3) is 0 Å². The van der Waals surface area contributed by atoms with Gasteiger partial charge in [0.1, 0.15) is 0 Å². The lowest BCUT2D eigenvalue weighted by Gasteiger charge is -2.13. The number of halogens is 2. The topological polar surface area (TPSA) is 66.5 Å². The van der Waals surface area contributed by atoms with Crippen LogP contribution in [0.5, 0.6) is 0 Å². The average Bonchev–Trinajstić information content (AvgIpc) is 2.85. The zero-order valence-electron chi connectivity index (χ0n) is 13.8. The van der Waals surface area contributed by atoms with Gasteiger partial charge in [-0.15, -0.1) is 0 Å². The van der Waals surface area contributed by atoms with Gasteiger partial charge in [0, 0.05) is 29.0 Å². The SMILES string of the molecule is O=C(CCCN1C(=O)c2ccc(Br)cc2C1=O)NCc1ccc(Cl)cc1. The molecular weight excluding hydrogens is 420 g/mol. The molecule has 0 bridgehead atoms. The summed E-state index contributed by atoms with van der Waals surface area (Å²) in [6, 6.07) is 12.2. The Morgan fingerprint density at radius 1 is 1.04 bits per heavy atom. The first kappa shape index (κ1) is 18.6. The minimum absolute atomic E-state index is 0.126. The van der Waals surface area contributed by atoms with E-state index >= 15 is 0 Å². The molecule has 2 aromatic rings. The first-order valence-corrected chi connectivity index (χ1v) is 9.29. The molecule has 5 nitrogen and oxygen atoms in total. The predicted molar refractivity (Wildman–Crippen MR) is 102 cm³/mol. The number of fused-ring (bicyclic) bond motifs is 1. The average molecular weight is 436 g/mol. The third-order valence-electron chi connectivity index (χ3n) is 4.12. The zero-order valence-corrected chi connectivity index (χ0v) is 16.1. The Morgan fingerprint density at radius 3 is 2.46 bits per heavy atom.